The van der Waals surface area contributed by atoms with E-state index in [1.54, 1.807) is 0 Å². The molecule has 1 heterocycles. The molecule has 0 amide bonds. The second kappa shape index (κ2) is 5.77. The van der Waals surface area contributed by atoms with Gasteiger partial charge < -0.3 is 10.2 Å². The van der Waals surface area contributed by atoms with Crippen molar-refractivity contribution in [3.8, 4) is 0 Å². The average Bonchev–Trinajstić information content (AvgIpc) is 2.95. The molecule has 1 aliphatic carbocycles. The molecule has 20 heavy (non-hydrogen) atoms. The van der Waals surface area contributed by atoms with Crippen molar-refractivity contribution in [2.45, 2.75) is 64.0 Å². The summed E-state index contributed by atoms with van der Waals surface area (Å²) in [6.07, 6.45) is 7.85. The summed E-state index contributed by atoms with van der Waals surface area (Å²) in [6, 6.07) is 9.65. The summed E-state index contributed by atoms with van der Waals surface area (Å²) in [5.74, 6) is 0. The SMILES string of the molecule is CCc1ccccc1N1CC2(CCCC2)NCC1CC. The van der Waals surface area contributed by atoms with Crippen LogP contribution in [0.3, 0.4) is 0 Å². The molecule has 0 radical (unpaired) electrons. The Morgan fingerprint density at radius 1 is 1.20 bits per heavy atom. The third-order valence-electron chi connectivity index (χ3n) is 5.34. The quantitative estimate of drug-likeness (QED) is 0.901. The van der Waals surface area contributed by atoms with Crippen molar-refractivity contribution in [3.05, 3.63) is 29.8 Å². The highest BCUT2D eigenvalue weighted by molar-refractivity contribution is 5.55. The Bertz CT molecular complexity index is 448. The number of hydrogen-bond donors (Lipinski definition) is 1. The van der Waals surface area contributed by atoms with Gasteiger partial charge in [0.25, 0.3) is 0 Å². The molecule has 1 saturated heterocycles. The first-order valence-corrected chi connectivity index (χ1v) is 8.37. The third kappa shape index (κ3) is 2.46. The molecule has 1 unspecified atom stereocenters. The third-order valence-corrected chi connectivity index (χ3v) is 5.34. The first-order chi connectivity index (χ1) is 9.78. The molecule has 1 spiro atoms. The lowest BCUT2D eigenvalue weighted by Crippen LogP contribution is -2.63. The summed E-state index contributed by atoms with van der Waals surface area (Å²) in [7, 11) is 0. The van der Waals surface area contributed by atoms with E-state index in [1.807, 2.05) is 0 Å². The molecule has 3 rings (SSSR count). The Balaban J connectivity index is 1.90. The summed E-state index contributed by atoms with van der Waals surface area (Å²) in [5.41, 5.74) is 3.38. The predicted octanol–water partition coefficient (Wildman–Crippen LogP) is 3.75. The number of nitrogens with zero attached hydrogens (tertiary/aromatic N) is 1. The highest BCUT2D eigenvalue weighted by Crippen LogP contribution is 2.36. The fraction of sp³-hybridized carbons (Fsp3) is 0.667. The number of piperazine rings is 1. The van der Waals surface area contributed by atoms with Gasteiger partial charge in [-0.1, -0.05) is 44.9 Å². The molecule has 2 nitrogen and oxygen atoms in total. The van der Waals surface area contributed by atoms with E-state index < -0.39 is 0 Å². The summed E-state index contributed by atoms with van der Waals surface area (Å²) in [5, 5.41) is 3.89. The first kappa shape index (κ1) is 13.9. The minimum absolute atomic E-state index is 0.395. The molecule has 2 fully saturated rings. The summed E-state index contributed by atoms with van der Waals surface area (Å²) >= 11 is 0. The lowest BCUT2D eigenvalue weighted by molar-refractivity contribution is 0.267. The Kier molecular flexibility index (Phi) is 4.02. The lowest BCUT2D eigenvalue weighted by Gasteiger charge is -2.48. The minimum Gasteiger partial charge on any atom is -0.365 e. The lowest BCUT2D eigenvalue weighted by atomic mass is 9.90. The predicted molar refractivity (Wildman–Crippen MR) is 86.4 cm³/mol. The normalized spacial score (nSPS) is 25.3. The van der Waals surface area contributed by atoms with Crippen molar-refractivity contribution in [3.63, 3.8) is 0 Å². The molecule has 0 aromatic heterocycles. The Morgan fingerprint density at radius 3 is 2.65 bits per heavy atom. The number of rotatable bonds is 3. The zero-order valence-corrected chi connectivity index (χ0v) is 13.0. The standard InChI is InChI=1S/C18H28N2/c1-3-15-9-5-6-10-17(15)20-14-18(11-7-8-12-18)19-13-16(20)4-2/h5-6,9-10,16,19H,3-4,7-8,11-14H2,1-2H3. The van der Waals surface area contributed by atoms with Gasteiger partial charge in [-0.25, -0.2) is 0 Å². The van der Waals surface area contributed by atoms with Crippen LogP contribution in [-0.2, 0) is 6.42 Å². The van der Waals surface area contributed by atoms with Crippen molar-refractivity contribution in [1.29, 1.82) is 0 Å². The zero-order chi connectivity index (χ0) is 14.0. The van der Waals surface area contributed by atoms with Crippen LogP contribution in [0, 0.1) is 0 Å². The van der Waals surface area contributed by atoms with Gasteiger partial charge in [0.15, 0.2) is 0 Å². The van der Waals surface area contributed by atoms with Crippen molar-refractivity contribution < 1.29 is 0 Å². The van der Waals surface area contributed by atoms with Gasteiger partial charge >= 0.3 is 0 Å². The summed E-state index contributed by atoms with van der Waals surface area (Å²) in [6.45, 7) is 6.94. The number of hydrogen-bond acceptors (Lipinski definition) is 2. The molecule has 1 aromatic carbocycles. The van der Waals surface area contributed by atoms with E-state index in [1.165, 1.54) is 49.9 Å². The van der Waals surface area contributed by atoms with Gasteiger partial charge in [0, 0.05) is 30.4 Å². The molecule has 110 valence electrons. The maximum Gasteiger partial charge on any atom is 0.0413 e. The second-order valence-corrected chi connectivity index (χ2v) is 6.54. The van der Waals surface area contributed by atoms with Crippen LogP contribution in [0.25, 0.3) is 0 Å². The van der Waals surface area contributed by atoms with Gasteiger partial charge in [0.2, 0.25) is 0 Å². The van der Waals surface area contributed by atoms with Crippen LogP contribution in [0.1, 0.15) is 51.5 Å². The van der Waals surface area contributed by atoms with Gasteiger partial charge in [-0.05, 0) is 37.3 Å². The maximum atomic E-state index is 3.89. The van der Waals surface area contributed by atoms with Crippen LogP contribution in [0.5, 0.6) is 0 Å². The van der Waals surface area contributed by atoms with Crippen LogP contribution in [0.4, 0.5) is 5.69 Å². The average molecular weight is 272 g/mol. The van der Waals surface area contributed by atoms with E-state index in [-0.39, 0.29) is 0 Å². The summed E-state index contributed by atoms with van der Waals surface area (Å²) in [4.78, 5) is 2.71. The Labute approximate surface area is 123 Å². The number of para-hydroxylation sites is 1. The Morgan fingerprint density at radius 2 is 1.95 bits per heavy atom. The smallest absolute Gasteiger partial charge is 0.0413 e. The fourth-order valence-electron chi connectivity index (χ4n) is 4.08. The van der Waals surface area contributed by atoms with E-state index in [4.69, 9.17) is 0 Å². The number of anilines is 1. The zero-order valence-electron chi connectivity index (χ0n) is 13.0. The molecule has 1 aliphatic heterocycles. The van der Waals surface area contributed by atoms with Crippen LogP contribution in [0.15, 0.2) is 24.3 Å². The van der Waals surface area contributed by atoms with E-state index in [9.17, 15) is 0 Å². The van der Waals surface area contributed by atoms with Crippen LogP contribution >= 0.6 is 0 Å². The molecule has 0 bridgehead atoms. The topological polar surface area (TPSA) is 15.3 Å². The van der Waals surface area contributed by atoms with Gasteiger partial charge in [-0.3, -0.25) is 0 Å². The number of nitrogens with one attached hydrogen (secondary N) is 1. The summed E-state index contributed by atoms with van der Waals surface area (Å²) < 4.78 is 0. The van der Waals surface area contributed by atoms with Gasteiger partial charge in [0.1, 0.15) is 0 Å². The minimum atomic E-state index is 0.395. The van der Waals surface area contributed by atoms with Gasteiger partial charge in [-0.2, -0.15) is 0 Å². The second-order valence-electron chi connectivity index (χ2n) is 6.54. The number of benzene rings is 1. The highest BCUT2D eigenvalue weighted by Gasteiger charge is 2.40. The van der Waals surface area contributed by atoms with Gasteiger partial charge in [0.05, 0.1) is 0 Å². The molecule has 2 aliphatic rings. The molecular formula is C18H28N2. The van der Waals surface area contributed by atoms with Crippen LogP contribution in [0.2, 0.25) is 0 Å². The maximum absolute atomic E-state index is 3.89. The first-order valence-electron chi connectivity index (χ1n) is 8.37. The van der Waals surface area contributed by atoms with Crippen molar-refractivity contribution in [2.75, 3.05) is 18.0 Å². The van der Waals surface area contributed by atoms with Crippen molar-refractivity contribution >= 4 is 5.69 Å². The van der Waals surface area contributed by atoms with Crippen LogP contribution < -0.4 is 10.2 Å². The highest BCUT2D eigenvalue weighted by atomic mass is 15.3. The Hall–Kier alpha value is -1.02. The monoisotopic (exact) mass is 272 g/mol. The fourth-order valence-corrected chi connectivity index (χ4v) is 4.08. The molecule has 2 heteroatoms. The van der Waals surface area contributed by atoms with Crippen molar-refractivity contribution in [2.24, 2.45) is 0 Å². The molecule has 1 aromatic rings. The molecular weight excluding hydrogens is 244 g/mol. The molecule has 1 N–H and O–H groups in total. The van der Waals surface area contributed by atoms with E-state index in [0.29, 0.717) is 11.6 Å². The van der Waals surface area contributed by atoms with E-state index in [0.717, 1.165) is 13.0 Å². The van der Waals surface area contributed by atoms with Gasteiger partial charge in [-0.15, -0.1) is 0 Å². The molecule has 1 saturated carbocycles. The van der Waals surface area contributed by atoms with E-state index >= 15 is 0 Å². The van der Waals surface area contributed by atoms with Crippen molar-refractivity contribution in [1.82, 2.24) is 5.32 Å². The van der Waals surface area contributed by atoms with Crippen LogP contribution in [-0.4, -0.2) is 24.7 Å². The van der Waals surface area contributed by atoms with E-state index in [2.05, 4.69) is 48.3 Å². The number of aryl methyl sites for hydroxylation is 1. The largest absolute Gasteiger partial charge is 0.365 e. The molecule has 1 atom stereocenters.